The van der Waals surface area contributed by atoms with Crippen LogP contribution in [0.4, 0.5) is 0 Å². The van der Waals surface area contributed by atoms with Crippen molar-refractivity contribution >= 4 is 39.1 Å². The predicted molar refractivity (Wildman–Crippen MR) is 81.4 cm³/mol. The van der Waals surface area contributed by atoms with Crippen molar-refractivity contribution in [2.24, 2.45) is 5.73 Å². The first-order valence-corrected chi connectivity index (χ1v) is 7.00. The third kappa shape index (κ3) is 2.89. The summed E-state index contributed by atoms with van der Waals surface area (Å²) in [6.07, 6.45) is 0. The molecule has 2 N–H and O–H groups in total. The molecule has 0 saturated carbocycles. The lowest BCUT2D eigenvalue weighted by Crippen LogP contribution is -2.13. The lowest BCUT2D eigenvalue weighted by molar-refractivity contribution is 0.864. The van der Waals surface area contributed by atoms with Gasteiger partial charge in [-0.2, -0.15) is 0 Å². The van der Waals surface area contributed by atoms with E-state index in [0.717, 1.165) is 21.2 Å². The summed E-state index contributed by atoms with van der Waals surface area (Å²) >= 11 is 15.6. The molecule has 94 valence electrons. The normalized spacial score (nSPS) is 12.5. The van der Waals surface area contributed by atoms with Gasteiger partial charge in [0.05, 0.1) is 6.04 Å². The maximum atomic E-state index is 6.28. The Morgan fingerprint density at radius 2 is 1.78 bits per heavy atom. The van der Waals surface area contributed by atoms with Crippen LogP contribution in [0.2, 0.25) is 10.0 Å². The van der Waals surface area contributed by atoms with Gasteiger partial charge in [-0.05, 0) is 36.2 Å². The van der Waals surface area contributed by atoms with Crippen LogP contribution in [0.5, 0.6) is 0 Å². The second kappa shape index (κ2) is 5.62. The zero-order valence-corrected chi connectivity index (χ0v) is 12.9. The highest BCUT2D eigenvalue weighted by Crippen LogP contribution is 2.32. The van der Waals surface area contributed by atoms with Crippen LogP contribution >= 0.6 is 39.1 Å². The van der Waals surface area contributed by atoms with Crippen LogP contribution in [-0.2, 0) is 0 Å². The van der Waals surface area contributed by atoms with Crippen molar-refractivity contribution in [3.05, 3.63) is 67.6 Å². The molecule has 0 spiro atoms. The summed E-state index contributed by atoms with van der Waals surface area (Å²) in [5, 5.41) is 1.20. The molecule has 2 aromatic carbocycles. The van der Waals surface area contributed by atoms with Gasteiger partial charge in [0.15, 0.2) is 0 Å². The minimum Gasteiger partial charge on any atom is -0.320 e. The maximum absolute atomic E-state index is 6.28. The van der Waals surface area contributed by atoms with Crippen molar-refractivity contribution < 1.29 is 0 Å². The van der Waals surface area contributed by atoms with Gasteiger partial charge in [0.1, 0.15) is 0 Å². The van der Waals surface area contributed by atoms with E-state index in [0.29, 0.717) is 10.0 Å². The molecule has 0 saturated heterocycles. The van der Waals surface area contributed by atoms with E-state index in [1.165, 1.54) is 0 Å². The van der Waals surface area contributed by atoms with E-state index >= 15 is 0 Å². The molecule has 0 aliphatic carbocycles. The number of hydrogen-bond acceptors (Lipinski definition) is 1. The summed E-state index contributed by atoms with van der Waals surface area (Å²) in [5.41, 5.74) is 9.32. The third-order valence-corrected chi connectivity index (χ3v) is 4.07. The van der Waals surface area contributed by atoms with Crippen molar-refractivity contribution in [3.8, 4) is 0 Å². The van der Waals surface area contributed by atoms with Gasteiger partial charge in [0, 0.05) is 14.5 Å². The molecule has 0 aromatic heterocycles. The van der Waals surface area contributed by atoms with Gasteiger partial charge in [-0.25, -0.2) is 0 Å². The molecule has 18 heavy (non-hydrogen) atoms. The van der Waals surface area contributed by atoms with Gasteiger partial charge in [0.25, 0.3) is 0 Å². The fourth-order valence-electron chi connectivity index (χ4n) is 1.82. The molecule has 0 aliphatic rings. The zero-order chi connectivity index (χ0) is 13.3. The van der Waals surface area contributed by atoms with Crippen molar-refractivity contribution in [2.75, 3.05) is 0 Å². The Kier molecular flexibility index (Phi) is 4.33. The van der Waals surface area contributed by atoms with E-state index < -0.39 is 0 Å². The smallest absolute Gasteiger partial charge is 0.0577 e. The van der Waals surface area contributed by atoms with Gasteiger partial charge >= 0.3 is 0 Å². The van der Waals surface area contributed by atoms with Crippen molar-refractivity contribution in [2.45, 2.75) is 13.0 Å². The Morgan fingerprint density at radius 1 is 1.06 bits per heavy atom. The fourth-order valence-corrected chi connectivity index (χ4v) is 2.84. The van der Waals surface area contributed by atoms with Crippen molar-refractivity contribution in [3.63, 3.8) is 0 Å². The highest BCUT2D eigenvalue weighted by atomic mass is 79.9. The molecule has 4 heteroatoms. The first kappa shape index (κ1) is 13.9. The Bertz CT molecular complexity index is 584. The third-order valence-electron chi connectivity index (χ3n) is 2.78. The van der Waals surface area contributed by atoms with Crippen LogP contribution in [0.15, 0.2) is 40.9 Å². The van der Waals surface area contributed by atoms with Gasteiger partial charge < -0.3 is 5.73 Å². The SMILES string of the molecule is Cc1ccc(Br)c(C(N)c2ccc(Cl)cc2Cl)c1. The summed E-state index contributed by atoms with van der Waals surface area (Å²) in [4.78, 5) is 0. The topological polar surface area (TPSA) is 26.0 Å². The van der Waals surface area contributed by atoms with Crippen LogP contribution in [0.25, 0.3) is 0 Å². The Balaban J connectivity index is 2.47. The largest absolute Gasteiger partial charge is 0.320 e. The molecule has 0 fully saturated rings. The number of halogens is 3. The molecule has 0 aliphatic heterocycles. The number of benzene rings is 2. The van der Waals surface area contributed by atoms with Crippen LogP contribution in [0.1, 0.15) is 22.7 Å². The van der Waals surface area contributed by atoms with E-state index in [4.69, 9.17) is 28.9 Å². The highest BCUT2D eigenvalue weighted by molar-refractivity contribution is 9.10. The van der Waals surface area contributed by atoms with Crippen LogP contribution in [-0.4, -0.2) is 0 Å². The summed E-state index contributed by atoms with van der Waals surface area (Å²) in [6.45, 7) is 2.03. The Hall–Kier alpha value is -0.540. The van der Waals surface area contributed by atoms with E-state index in [9.17, 15) is 0 Å². The molecule has 1 atom stereocenters. The molecule has 1 nitrogen and oxygen atoms in total. The monoisotopic (exact) mass is 343 g/mol. The van der Waals surface area contributed by atoms with E-state index in [-0.39, 0.29) is 6.04 Å². The van der Waals surface area contributed by atoms with E-state index in [1.54, 1.807) is 12.1 Å². The van der Waals surface area contributed by atoms with E-state index in [1.807, 2.05) is 25.1 Å². The fraction of sp³-hybridized carbons (Fsp3) is 0.143. The van der Waals surface area contributed by atoms with Crippen molar-refractivity contribution in [1.82, 2.24) is 0 Å². The quantitative estimate of drug-likeness (QED) is 0.804. The molecule has 0 bridgehead atoms. The molecule has 1 unspecified atom stereocenters. The Labute approximate surface area is 125 Å². The first-order chi connectivity index (χ1) is 8.49. The van der Waals surface area contributed by atoms with Gasteiger partial charge in [-0.1, -0.05) is 62.9 Å². The van der Waals surface area contributed by atoms with Gasteiger partial charge in [-0.15, -0.1) is 0 Å². The second-order valence-corrected chi connectivity index (χ2v) is 5.87. The molecule has 2 rings (SSSR count). The number of aryl methyl sites for hydroxylation is 1. The summed E-state index contributed by atoms with van der Waals surface area (Å²) in [6, 6.07) is 11.2. The molecular weight excluding hydrogens is 333 g/mol. The molecule has 0 heterocycles. The summed E-state index contributed by atoms with van der Waals surface area (Å²) in [7, 11) is 0. The van der Waals surface area contributed by atoms with Crippen LogP contribution < -0.4 is 5.73 Å². The highest BCUT2D eigenvalue weighted by Gasteiger charge is 2.15. The van der Waals surface area contributed by atoms with Gasteiger partial charge in [-0.3, -0.25) is 0 Å². The number of rotatable bonds is 2. The summed E-state index contributed by atoms with van der Waals surface area (Å²) in [5.74, 6) is 0. The number of hydrogen-bond donors (Lipinski definition) is 1. The molecule has 0 amide bonds. The average molecular weight is 345 g/mol. The first-order valence-electron chi connectivity index (χ1n) is 5.45. The Morgan fingerprint density at radius 3 is 2.44 bits per heavy atom. The summed E-state index contributed by atoms with van der Waals surface area (Å²) < 4.78 is 0.978. The predicted octanol–water partition coefficient (Wildman–Crippen LogP) is 5.11. The van der Waals surface area contributed by atoms with Gasteiger partial charge in [0.2, 0.25) is 0 Å². The van der Waals surface area contributed by atoms with Crippen molar-refractivity contribution in [1.29, 1.82) is 0 Å². The maximum Gasteiger partial charge on any atom is 0.0577 e. The number of nitrogens with two attached hydrogens (primary N) is 1. The standard InChI is InChI=1S/C14H12BrCl2N/c1-8-2-5-12(15)11(6-8)14(18)10-4-3-9(16)7-13(10)17/h2-7,14H,18H2,1H3. The lowest BCUT2D eigenvalue weighted by Gasteiger charge is -2.16. The molecule has 2 aromatic rings. The van der Waals surface area contributed by atoms with Crippen LogP contribution in [0, 0.1) is 6.92 Å². The molecule has 0 radical (unpaired) electrons. The van der Waals surface area contributed by atoms with E-state index in [2.05, 4.69) is 22.0 Å². The molecular formula is C14H12BrCl2N. The lowest BCUT2D eigenvalue weighted by atomic mass is 9.98. The average Bonchev–Trinajstić information content (AvgIpc) is 2.31. The van der Waals surface area contributed by atoms with Crippen LogP contribution in [0.3, 0.4) is 0 Å². The minimum atomic E-state index is -0.274. The minimum absolute atomic E-state index is 0.274. The zero-order valence-electron chi connectivity index (χ0n) is 9.75. The second-order valence-electron chi connectivity index (χ2n) is 4.17.